The Morgan fingerprint density at radius 3 is 1.76 bits per heavy atom. The average Bonchev–Trinajstić information content (AvgIpc) is 2.66. The molecule has 0 aliphatic heterocycles. The average molecular weight is 410 g/mol. The lowest BCUT2D eigenvalue weighted by Gasteiger charge is -2.17. The van der Waals surface area contributed by atoms with Crippen LogP contribution >= 0.6 is 0 Å². The van der Waals surface area contributed by atoms with Gasteiger partial charge >= 0.3 is 11.9 Å². The zero-order valence-corrected chi connectivity index (χ0v) is 18.9. The van der Waals surface area contributed by atoms with Crippen molar-refractivity contribution in [3.63, 3.8) is 0 Å². The van der Waals surface area contributed by atoms with Crippen molar-refractivity contribution in [1.29, 1.82) is 0 Å². The van der Waals surface area contributed by atoms with Crippen molar-refractivity contribution in [1.82, 2.24) is 4.90 Å². The summed E-state index contributed by atoms with van der Waals surface area (Å²) in [7, 11) is 3.82. The molecule has 0 rings (SSSR count). The monoisotopic (exact) mass is 409 g/mol. The second kappa shape index (κ2) is 17.3. The summed E-state index contributed by atoms with van der Waals surface area (Å²) in [5.74, 6) is -2.47. The van der Waals surface area contributed by atoms with Crippen LogP contribution in [0.3, 0.4) is 0 Å². The third kappa shape index (κ3) is 15.0. The van der Waals surface area contributed by atoms with Gasteiger partial charge in [0.1, 0.15) is 0 Å². The van der Waals surface area contributed by atoms with Crippen LogP contribution in [0.15, 0.2) is 23.8 Å². The molecule has 0 bridgehead atoms. The molecule has 168 valence electrons. The maximum atomic E-state index is 11.6. The first-order valence-electron chi connectivity index (χ1n) is 11.3. The van der Waals surface area contributed by atoms with Crippen LogP contribution in [0.4, 0.5) is 0 Å². The summed E-state index contributed by atoms with van der Waals surface area (Å²) in [5, 5.41) is 18.8. The number of nitrogens with zero attached hydrogens (tertiary/aromatic N) is 1. The van der Waals surface area contributed by atoms with Gasteiger partial charge in [-0.2, -0.15) is 0 Å². The molecule has 0 saturated carbocycles. The molecule has 0 radical (unpaired) electrons. The van der Waals surface area contributed by atoms with E-state index >= 15 is 0 Å². The van der Waals surface area contributed by atoms with E-state index in [1.165, 1.54) is 51.4 Å². The zero-order chi connectivity index (χ0) is 22.1. The molecule has 5 nitrogen and oxygen atoms in total. The predicted octanol–water partition coefficient (Wildman–Crippen LogP) is 5.91. The van der Waals surface area contributed by atoms with Gasteiger partial charge in [-0.05, 0) is 39.9 Å². The Bertz CT molecular complexity index is 511. The largest absolute Gasteiger partial charge is 0.478 e. The Labute approximate surface area is 177 Å². The second-order valence-corrected chi connectivity index (χ2v) is 8.31. The van der Waals surface area contributed by atoms with Crippen LogP contribution in [0.5, 0.6) is 0 Å². The predicted molar refractivity (Wildman–Crippen MR) is 120 cm³/mol. The van der Waals surface area contributed by atoms with Crippen molar-refractivity contribution < 1.29 is 19.8 Å². The van der Waals surface area contributed by atoms with Crippen molar-refractivity contribution >= 4 is 11.9 Å². The summed E-state index contributed by atoms with van der Waals surface area (Å²) in [5.41, 5.74) is 0.372. The van der Waals surface area contributed by atoms with E-state index in [1.54, 1.807) is 6.08 Å². The van der Waals surface area contributed by atoms with E-state index in [9.17, 15) is 19.8 Å². The van der Waals surface area contributed by atoms with Crippen LogP contribution in [0.2, 0.25) is 0 Å². The van der Waals surface area contributed by atoms with E-state index in [0.717, 1.165) is 19.3 Å². The molecule has 2 N–H and O–H groups in total. The molecule has 0 fully saturated rings. The van der Waals surface area contributed by atoms with E-state index in [1.807, 2.05) is 19.0 Å². The number of rotatable bonds is 19. The third-order valence-corrected chi connectivity index (χ3v) is 5.34. The van der Waals surface area contributed by atoms with Crippen LogP contribution in [0, 0.1) is 5.92 Å². The van der Waals surface area contributed by atoms with Gasteiger partial charge in [0.25, 0.3) is 0 Å². The van der Waals surface area contributed by atoms with Gasteiger partial charge in [-0.25, -0.2) is 9.59 Å². The smallest absolute Gasteiger partial charge is 0.331 e. The highest BCUT2D eigenvalue weighted by Gasteiger charge is 2.19. The van der Waals surface area contributed by atoms with Crippen LogP contribution in [0.25, 0.3) is 0 Å². The summed E-state index contributed by atoms with van der Waals surface area (Å²) in [6.45, 7) is 6.56. The van der Waals surface area contributed by atoms with Gasteiger partial charge in [-0.3, -0.25) is 0 Å². The van der Waals surface area contributed by atoms with Gasteiger partial charge in [0.2, 0.25) is 0 Å². The van der Waals surface area contributed by atoms with E-state index in [2.05, 4.69) is 13.5 Å². The van der Waals surface area contributed by atoms with Gasteiger partial charge < -0.3 is 15.1 Å². The lowest BCUT2D eigenvalue weighted by atomic mass is 9.92. The van der Waals surface area contributed by atoms with Gasteiger partial charge in [-0.1, -0.05) is 83.8 Å². The third-order valence-electron chi connectivity index (χ3n) is 5.34. The summed E-state index contributed by atoms with van der Waals surface area (Å²) in [6.07, 6.45) is 16.0. The fraction of sp³-hybridized carbons (Fsp3) is 0.750. The van der Waals surface area contributed by atoms with Crippen molar-refractivity contribution in [2.75, 3.05) is 20.6 Å². The van der Waals surface area contributed by atoms with Gasteiger partial charge in [0.15, 0.2) is 0 Å². The quantitative estimate of drug-likeness (QED) is 0.205. The minimum atomic E-state index is -1.07. The van der Waals surface area contributed by atoms with E-state index in [0.29, 0.717) is 25.0 Å². The number of carbonyl (C=O) groups is 2. The Morgan fingerprint density at radius 2 is 1.34 bits per heavy atom. The maximum Gasteiger partial charge on any atom is 0.331 e. The molecule has 0 amide bonds. The second-order valence-electron chi connectivity index (χ2n) is 8.31. The van der Waals surface area contributed by atoms with E-state index in [4.69, 9.17) is 0 Å². The number of aliphatic carboxylic acids is 2. The van der Waals surface area contributed by atoms with Gasteiger partial charge in [0, 0.05) is 17.1 Å². The van der Waals surface area contributed by atoms with Crippen molar-refractivity contribution in [3.8, 4) is 0 Å². The standard InChI is InChI=1S/C24H43NO4/c1-5-6-7-8-9-10-11-12-13-14-15-16-22(24(28)29)19-21(17-18-25(3)4)20(2)23(26)27/h19,21H,2,5-18H2,1,3-4H3,(H,26,27)(H,28,29). The van der Waals surface area contributed by atoms with Gasteiger partial charge in [0.05, 0.1) is 0 Å². The maximum absolute atomic E-state index is 11.6. The van der Waals surface area contributed by atoms with Crippen LogP contribution < -0.4 is 0 Å². The Hall–Kier alpha value is -1.62. The molecule has 0 aromatic rings. The zero-order valence-electron chi connectivity index (χ0n) is 18.9. The first-order valence-corrected chi connectivity index (χ1v) is 11.3. The summed E-state index contributed by atoms with van der Waals surface area (Å²) in [6, 6.07) is 0. The molecule has 1 unspecified atom stereocenters. The number of hydrogen-bond acceptors (Lipinski definition) is 3. The van der Waals surface area contributed by atoms with Crippen LogP contribution in [-0.2, 0) is 9.59 Å². The first-order chi connectivity index (χ1) is 13.8. The normalized spacial score (nSPS) is 12.9. The van der Waals surface area contributed by atoms with Crippen LogP contribution in [-0.4, -0.2) is 47.7 Å². The molecular formula is C24H43NO4. The molecule has 0 aromatic heterocycles. The highest BCUT2D eigenvalue weighted by Crippen LogP contribution is 2.21. The molecule has 0 aliphatic carbocycles. The summed E-state index contributed by atoms with van der Waals surface area (Å²) in [4.78, 5) is 24.9. The van der Waals surface area contributed by atoms with E-state index < -0.39 is 17.9 Å². The van der Waals surface area contributed by atoms with E-state index in [-0.39, 0.29) is 5.57 Å². The molecule has 0 spiro atoms. The Morgan fingerprint density at radius 1 is 0.862 bits per heavy atom. The summed E-state index contributed by atoms with van der Waals surface area (Å²) >= 11 is 0. The topological polar surface area (TPSA) is 77.8 Å². The lowest BCUT2D eigenvalue weighted by Crippen LogP contribution is -2.20. The SMILES string of the molecule is C=C(C(=O)O)C(C=C(CCCCCCCCCCCCC)C(=O)O)CCN(C)C. The molecule has 5 heteroatoms. The summed E-state index contributed by atoms with van der Waals surface area (Å²) < 4.78 is 0. The number of unbranched alkanes of at least 4 members (excludes halogenated alkanes) is 10. The van der Waals surface area contributed by atoms with Crippen molar-refractivity contribution in [2.45, 2.75) is 90.4 Å². The highest BCUT2D eigenvalue weighted by atomic mass is 16.4. The molecule has 0 saturated heterocycles. The molecule has 0 heterocycles. The number of carboxylic acid groups (broad SMARTS) is 2. The Balaban J connectivity index is 4.34. The fourth-order valence-electron chi connectivity index (χ4n) is 3.40. The molecule has 0 aromatic carbocycles. The minimum Gasteiger partial charge on any atom is -0.478 e. The van der Waals surface area contributed by atoms with Gasteiger partial charge in [-0.15, -0.1) is 0 Å². The van der Waals surface area contributed by atoms with Crippen molar-refractivity contribution in [3.05, 3.63) is 23.8 Å². The lowest BCUT2D eigenvalue weighted by molar-refractivity contribution is -0.134. The molecular weight excluding hydrogens is 366 g/mol. The molecule has 0 aliphatic rings. The highest BCUT2D eigenvalue weighted by molar-refractivity contribution is 5.89. The Kier molecular flexibility index (Phi) is 16.3. The molecule has 1 atom stereocenters. The fourth-order valence-corrected chi connectivity index (χ4v) is 3.40. The first kappa shape index (κ1) is 27.4. The number of hydrogen-bond donors (Lipinski definition) is 2. The molecule has 29 heavy (non-hydrogen) atoms. The van der Waals surface area contributed by atoms with Crippen molar-refractivity contribution in [2.24, 2.45) is 5.92 Å². The van der Waals surface area contributed by atoms with Crippen LogP contribution in [0.1, 0.15) is 90.4 Å². The minimum absolute atomic E-state index is 0.0598. The number of allylic oxidation sites excluding steroid dienone is 1. The number of carboxylic acids is 2.